The Bertz CT molecular complexity index is 714. The maximum Gasteiger partial charge on any atom is 0.243 e. The molecule has 1 heterocycles. The second-order valence-corrected chi connectivity index (χ2v) is 6.55. The van der Waals surface area contributed by atoms with Crippen LogP contribution in [-0.4, -0.2) is 55.5 Å². The smallest absolute Gasteiger partial charge is 0.243 e. The molecule has 0 aromatic heterocycles. The van der Waals surface area contributed by atoms with Gasteiger partial charge in [0.25, 0.3) is 0 Å². The summed E-state index contributed by atoms with van der Waals surface area (Å²) >= 11 is 0. The van der Waals surface area contributed by atoms with Crippen molar-refractivity contribution in [3.8, 4) is 0 Å². The largest absolute Gasteiger partial charge is 0.352 e. The maximum atomic E-state index is 13.6. The minimum atomic E-state index is -1.62. The van der Waals surface area contributed by atoms with Crippen molar-refractivity contribution < 1.29 is 18.0 Å². The number of hydrogen-bond acceptors (Lipinski definition) is 3. The van der Waals surface area contributed by atoms with Crippen LogP contribution in [0.5, 0.6) is 0 Å². The molecule has 1 aliphatic carbocycles. The summed E-state index contributed by atoms with van der Waals surface area (Å²) in [6, 6.07) is 2.71. The van der Waals surface area contributed by atoms with Crippen LogP contribution in [0.3, 0.4) is 0 Å². The van der Waals surface area contributed by atoms with Crippen molar-refractivity contribution in [1.29, 1.82) is 0 Å². The van der Waals surface area contributed by atoms with E-state index in [-0.39, 0.29) is 36.6 Å². The molecular formula is C17H23F3IN5O. The Balaban J connectivity index is 0.00000261. The number of guanidine groups is 1. The van der Waals surface area contributed by atoms with Gasteiger partial charge in [-0.2, -0.15) is 0 Å². The normalized spacial score (nSPS) is 20.1. The lowest BCUT2D eigenvalue weighted by atomic mass is 10.2. The molecule has 1 saturated carbocycles. The fraction of sp³-hybridized carbons (Fsp3) is 0.529. The first-order valence-electron chi connectivity index (χ1n) is 8.62. The summed E-state index contributed by atoms with van der Waals surface area (Å²) < 4.78 is 39.7. The van der Waals surface area contributed by atoms with Gasteiger partial charge in [-0.15, -0.1) is 24.0 Å². The van der Waals surface area contributed by atoms with Crippen LogP contribution in [0.25, 0.3) is 0 Å². The van der Waals surface area contributed by atoms with Crippen molar-refractivity contribution in [3.05, 3.63) is 29.6 Å². The Morgan fingerprint density at radius 3 is 2.63 bits per heavy atom. The van der Waals surface area contributed by atoms with Gasteiger partial charge in [-0.1, -0.05) is 0 Å². The first-order chi connectivity index (χ1) is 12.5. The summed E-state index contributed by atoms with van der Waals surface area (Å²) in [6.07, 6.45) is 3.53. The second kappa shape index (κ2) is 9.58. The molecule has 10 heteroatoms. The minimum Gasteiger partial charge on any atom is -0.352 e. The van der Waals surface area contributed by atoms with Gasteiger partial charge in [-0.3, -0.25) is 14.7 Å². The zero-order valence-corrected chi connectivity index (χ0v) is 17.2. The molecular weight excluding hydrogens is 474 g/mol. The number of amides is 1. The van der Waals surface area contributed by atoms with Crippen LogP contribution in [0.2, 0.25) is 0 Å². The van der Waals surface area contributed by atoms with E-state index in [4.69, 9.17) is 0 Å². The van der Waals surface area contributed by atoms with E-state index in [1.165, 1.54) is 12.8 Å². The van der Waals surface area contributed by atoms with E-state index in [2.05, 4.69) is 25.8 Å². The quantitative estimate of drug-likeness (QED) is 0.252. The molecule has 1 saturated heterocycles. The third-order valence-corrected chi connectivity index (χ3v) is 4.57. The molecule has 6 nitrogen and oxygen atoms in total. The summed E-state index contributed by atoms with van der Waals surface area (Å²) in [5, 5.41) is 8.31. The average Bonchev–Trinajstić information content (AvgIpc) is 3.38. The van der Waals surface area contributed by atoms with Gasteiger partial charge in [0.2, 0.25) is 5.91 Å². The molecule has 0 bridgehead atoms. The van der Waals surface area contributed by atoms with Gasteiger partial charge in [0, 0.05) is 32.2 Å². The fourth-order valence-corrected chi connectivity index (χ4v) is 3.05. The van der Waals surface area contributed by atoms with Crippen LogP contribution in [0.1, 0.15) is 19.3 Å². The average molecular weight is 497 g/mol. The van der Waals surface area contributed by atoms with Crippen molar-refractivity contribution in [3.63, 3.8) is 0 Å². The molecule has 1 aromatic carbocycles. The zero-order chi connectivity index (χ0) is 18.7. The van der Waals surface area contributed by atoms with Gasteiger partial charge in [-0.05, 0) is 31.4 Å². The number of aliphatic imine (C=N–C) groups is 1. The number of rotatable bonds is 5. The lowest BCUT2D eigenvalue weighted by molar-refractivity contribution is -0.115. The molecule has 3 rings (SSSR count). The minimum absolute atomic E-state index is 0. The zero-order valence-electron chi connectivity index (χ0n) is 14.9. The van der Waals surface area contributed by atoms with Crippen LogP contribution in [0, 0.1) is 17.5 Å². The second-order valence-electron chi connectivity index (χ2n) is 6.55. The summed E-state index contributed by atoms with van der Waals surface area (Å²) in [6.45, 7) is 1.81. The van der Waals surface area contributed by atoms with E-state index in [0.29, 0.717) is 12.0 Å². The molecule has 0 spiro atoms. The molecule has 1 amide bonds. The maximum absolute atomic E-state index is 13.6. The molecule has 3 N–H and O–H groups in total. The van der Waals surface area contributed by atoms with Crippen molar-refractivity contribution >= 4 is 41.5 Å². The molecule has 1 unspecified atom stereocenters. The lowest BCUT2D eigenvalue weighted by Crippen LogP contribution is -2.46. The summed E-state index contributed by atoms with van der Waals surface area (Å²) in [5.41, 5.74) is -0.408. The van der Waals surface area contributed by atoms with E-state index in [0.717, 1.165) is 31.6 Å². The number of nitrogens with zero attached hydrogens (tertiary/aromatic N) is 2. The number of hydrogen-bond donors (Lipinski definition) is 3. The number of carbonyl (C=O) groups is 1. The highest BCUT2D eigenvalue weighted by Crippen LogP contribution is 2.29. The number of nitrogens with one attached hydrogen (secondary N) is 3. The van der Waals surface area contributed by atoms with Crippen LogP contribution >= 0.6 is 24.0 Å². The Kier molecular flexibility index (Phi) is 7.71. The van der Waals surface area contributed by atoms with E-state index in [1.54, 1.807) is 7.05 Å². The number of benzene rings is 1. The van der Waals surface area contributed by atoms with Gasteiger partial charge in [0.1, 0.15) is 0 Å². The topological polar surface area (TPSA) is 68.8 Å². The SMILES string of the molecule is CN=C(NCC(=O)Nc1ccc(F)c(F)c1F)NC1CCN(C2CC2)C1.I. The van der Waals surface area contributed by atoms with Gasteiger partial charge in [-0.25, -0.2) is 13.2 Å². The number of anilines is 1. The van der Waals surface area contributed by atoms with Crippen LogP contribution in [0.15, 0.2) is 17.1 Å². The van der Waals surface area contributed by atoms with E-state index in [1.807, 2.05) is 0 Å². The Hall–Kier alpha value is -1.56. The van der Waals surface area contributed by atoms with Gasteiger partial charge in [0.05, 0.1) is 12.2 Å². The highest BCUT2D eigenvalue weighted by Gasteiger charge is 2.34. The highest BCUT2D eigenvalue weighted by atomic mass is 127. The van der Waals surface area contributed by atoms with E-state index >= 15 is 0 Å². The fourth-order valence-electron chi connectivity index (χ4n) is 3.05. The number of carbonyl (C=O) groups excluding carboxylic acids is 1. The molecule has 150 valence electrons. The predicted molar refractivity (Wildman–Crippen MR) is 108 cm³/mol. The summed E-state index contributed by atoms with van der Waals surface area (Å²) in [7, 11) is 1.59. The van der Waals surface area contributed by atoms with Gasteiger partial charge in [0.15, 0.2) is 23.4 Å². The van der Waals surface area contributed by atoms with Crippen molar-refractivity contribution in [2.24, 2.45) is 4.99 Å². The van der Waals surface area contributed by atoms with Gasteiger partial charge >= 0.3 is 0 Å². The first kappa shape index (κ1) is 21.7. The van der Waals surface area contributed by atoms with Crippen molar-refractivity contribution in [2.75, 3.05) is 32.0 Å². The Morgan fingerprint density at radius 1 is 1.22 bits per heavy atom. The number of halogens is 4. The van der Waals surface area contributed by atoms with Crippen LogP contribution < -0.4 is 16.0 Å². The third-order valence-electron chi connectivity index (χ3n) is 4.57. The molecule has 2 fully saturated rings. The Morgan fingerprint density at radius 2 is 1.96 bits per heavy atom. The van der Waals surface area contributed by atoms with E-state index < -0.39 is 29.0 Å². The summed E-state index contributed by atoms with van der Waals surface area (Å²) in [5.74, 6) is -4.47. The molecule has 1 atom stereocenters. The van der Waals surface area contributed by atoms with Crippen LogP contribution in [0.4, 0.5) is 18.9 Å². The molecule has 1 aliphatic heterocycles. The third kappa shape index (κ3) is 5.71. The molecule has 0 radical (unpaired) electrons. The van der Waals surface area contributed by atoms with E-state index in [9.17, 15) is 18.0 Å². The summed E-state index contributed by atoms with van der Waals surface area (Å²) in [4.78, 5) is 18.4. The first-order valence-corrected chi connectivity index (χ1v) is 8.62. The predicted octanol–water partition coefficient (Wildman–Crippen LogP) is 2.06. The lowest BCUT2D eigenvalue weighted by Gasteiger charge is -2.18. The van der Waals surface area contributed by atoms with Crippen LogP contribution in [-0.2, 0) is 4.79 Å². The molecule has 2 aliphatic rings. The van der Waals surface area contributed by atoms with Crippen molar-refractivity contribution in [2.45, 2.75) is 31.3 Å². The van der Waals surface area contributed by atoms with Crippen molar-refractivity contribution in [1.82, 2.24) is 15.5 Å². The molecule has 27 heavy (non-hydrogen) atoms. The number of likely N-dealkylation sites (tertiary alicyclic amines) is 1. The Labute approximate surface area is 173 Å². The standard InChI is InChI=1S/C17H22F3N5O.HI/c1-21-17(23-10-6-7-25(9-10)11-2-3-11)22-8-14(26)24-13-5-4-12(18)15(19)16(13)20;/h4-5,10-11H,2-3,6-9H2,1H3,(H,24,26)(H2,21,22,23);1H. The molecule has 1 aromatic rings. The highest BCUT2D eigenvalue weighted by molar-refractivity contribution is 14.0. The van der Waals surface area contributed by atoms with Gasteiger partial charge < -0.3 is 16.0 Å². The monoisotopic (exact) mass is 497 g/mol.